The highest BCUT2D eigenvalue weighted by Crippen LogP contribution is 2.48. The Morgan fingerprint density at radius 3 is 2.22 bits per heavy atom. The SMILES string of the molecule is O=C(Nc1nc(O)cs1)N1c2ccccc2Sc2ccccc21. The summed E-state index contributed by atoms with van der Waals surface area (Å²) in [6, 6.07) is 15.2. The zero-order valence-electron chi connectivity index (χ0n) is 11.8. The summed E-state index contributed by atoms with van der Waals surface area (Å²) in [5.74, 6) is -0.0969. The van der Waals surface area contributed by atoms with Gasteiger partial charge in [-0.2, -0.15) is 4.98 Å². The number of thiazole rings is 1. The minimum Gasteiger partial charge on any atom is -0.493 e. The quantitative estimate of drug-likeness (QED) is 0.674. The number of carbonyl (C=O) groups excluding carboxylic acids is 1. The number of aromatic hydroxyl groups is 1. The van der Waals surface area contributed by atoms with E-state index >= 15 is 0 Å². The fraction of sp³-hybridized carbons (Fsp3) is 0. The van der Waals surface area contributed by atoms with Gasteiger partial charge in [-0.15, -0.1) is 11.3 Å². The predicted molar refractivity (Wildman–Crippen MR) is 91.9 cm³/mol. The number of nitrogens with zero attached hydrogens (tertiary/aromatic N) is 2. The molecule has 3 aromatic rings. The lowest BCUT2D eigenvalue weighted by molar-refractivity contribution is 0.258. The van der Waals surface area contributed by atoms with Crippen molar-refractivity contribution in [3.63, 3.8) is 0 Å². The number of fused-ring (bicyclic) bond motifs is 2. The summed E-state index contributed by atoms with van der Waals surface area (Å²) in [7, 11) is 0. The number of nitrogens with one attached hydrogen (secondary N) is 1. The van der Waals surface area contributed by atoms with Gasteiger partial charge in [0, 0.05) is 9.79 Å². The van der Waals surface area contributed by atoms with Crippen LogP contribution in [0.5, 0.6) is 5.88 Å². The normalized spacial score (nSPS) is 12.4. The van der Waals surface area contributed by atoms with E-state index < -0.39 is 0 Å². The molecule has 0 spiro atoms. The molecule has 0 atom stereocenters. The number of hydrogen-bond acceptors (Lipinski definition) is 5. The number of rotatable bonds is 1. The minimum atomic E-state index is -0.306. The molecule has 114 valence electrons. The number of carbonyl (C=O) groups is 1. The van der Waals surface area contributed by atoms with Gasteiger partial charge in [-0.25, -0.2) is 4.79 Å². The Balaban J connectivity index is 1.76. The molecule has 2 N–H and O–H groups in total. The first-order valence-electron chi connectivity index (χ1n) is 6.84. The van der Waals surface area contributed by atoms with E-state index in [0.717, 1.165) is 21.2 Å². The van der Waals surface area contributed by atoms with Gasteiger partial charge < -0.3 is 5.11 Å². The molecule has 0 aliphatic carbocycles. The number of amides is 2. The second-order valence-electron chi connectivity index (χ2n) is 4.81. The Kier molecular flexibility index (Phi) is 3.44. The minimum absolute atomic E-state index is 0.0969. The second-order valence-corrected chi connectivity index (χ2v) is 6.76. The number of urea groups is 1. The van der Waals surface area contributed by atoms with Crippen molar-refractivity contribution in [2.45, 2.75) is 9.79 Å². The number of anilines is 3. The van der Waals surface area contributed by atoms with Crippen LogP contribution >= 0.6 is 23.1 Å². The van der Waals surface area contributed by atoms with Crippen molar-refractivity contribution in [2.24, 2.45) is 0 Å². The van der Waals surface area contributed by atoms with Crippen LogP contribution < -0.4 is 10.2 Å². The third-order valence-corrected chi connectivity index (χ3v) is 5.22. The molecular weight excluding hydrogens is 330 g/mol. The van der Waals surface area contributed by atoms with Gasteiger partial charge in [0.25, 0.3) is 0 Å². The number of hydrogen-bond donors (Lipinski definition) is 2. The van der Waals surface area contributed by atoms with Crippen molar-refractivity contribution < 1.29 is 9.90 Å². The number of aromatic nitrogens is 1. The van der Waals surface area contributed by atoms with Crippen LogP contribution in [0.4, 0.5) is 21.3 Å². The van der Waals surface area contributed by atoms with E-state index in [1.807, 2.05) is 48.5 Å². The Morgan fingerprint density at radius 2 is 1.65 bits per heavy atom. The largest absolute Gasteiger partial charge is 0.493 e. The molecule has 0 fully saturated rings. The Morgan fingerprint density at radius 1 is 1.04 bits per heavy atom. The maximum Gasteiger partial charge on any atom is 0.332 e. The monoisotopic (exact) mass is 341 g/mol. The van der Waals surface area contributed by atoms with Crippen molar-refractivity contribution >= 4 is 45.6 Å². The summed E-state index contributed by atoms with van der Waals surface area (Å²) >= 11 is 2.82. The molecule has 0 bridgehead atoms. The lowest BCUT2D eigenvalue weighted by Gasteiger charge is -2.30. The first-order valence-corrected chi connectivity index (χ1v) is 8.53. The highest BCUT2D eigenvalue weighted by molar-refractivity contribution is 7.99. The van der Waals surface area contributed by atoms with Crippen molar-refractivity contribution in [3.05, 3.63) is 53.9 Å². The molecule has 1 aromatic heterocycles. The van der Waals surface area contributed by atoms with Crippen LogP contribution in [0, 0.1) is 0 Å². The van der Waals surface area contributed by atoms with E-state index in [1.165, 1.54) is 16.7 Å². The summed E-state index contributed by atoms with van der Waals surface area (Å²) < 4.78 is 0. The van der Waals surface area contributed by atoms with Gasteiger partial charge in [0.05, 0.1) is 16.8 Å². The summed E-state index contributed by atoms with van der Waals surface area (Å²) in [5, 5.41) is 13.9. The molecule has 23 heavy (non-hydrogen) atoms. The summed E-state index contributed by atoms with van der Waals surface area (Å²) in [6.45, 7) is 0. The van der Waals surface area contributed by atoms with Gasteiger partial charge in [-0.05, 0) is 24.3 Å². The lowest BCUT2D eigenvalue weighted by atomic mass is 10.2. The van der Waals surface area contributed by atoms with Crippen LogP contribution in [0.1, 0.15) is 0 Å². The van der Waals surface area contributed by atoms with E-state index in [4.69, 9.17) is 0 Å². The first-order chi connectivity index (χ1) is 11.2. The molecule has 2 aromatic carbocycles. The van der Waals surface area contributed by atoms with Gasteiger partial charge in [-0.3, -0.25) is 10.2 Å². The highest BCUT2D eigenvalue weighted by atomic mass is 32.2. The van der Waals surface area contributed by atoms with Crippen molar-refractivity contribution in [1.82, 2.24) is 4.98 Å². The average Bonchev–Trinajstić information content (AvgIpc) is 2.97. The molecule has 2 amide bonds. The molecule has 0 saturated heterocycles. The molecule has 0 radical (unpaired) electrons. The third-order valence-electron chi connectivity index (χ3n) is 3.34. The van der Waals surface area contributed by atoms with Crippen molar-refractivity contribution in [1.29, 1.82) is 0 Å². The lowest BCUT2D eigenvalue weighted by Crippen LogP contribution is -2.32. The predicted octanol–water partition coefficient (Wildman–Crippen LogP) is 4.68. The van der Waals surface area contributed by atoms with Crippen LogP contribution in [0.3, 0.4) is 0 Å². The average molecular weight is 341 g/mol. The zero-order chi connectivity index (χ0) is 15.8. The van der Waals surface area contributed by atoms with Gasteiger partial charge in [0.1, 0.15) is 0 Å². The molecule has 1 aliphatic heterocycles. The molecule has 1 aliphatic rings. The van der Waals surface area contributed by atoms with E-state index in [-0.39, 0.29) is 11.9 Å². The van der Waals surface area contributed by atoms with Crippen LogP contribution in [0.15, 0.2) is 63.7 Å². The molecular formula is C16H11N3O2S2. The molecule has 5 nitrogen and oxygen atoms in total. The standard InChI is InChI=1S/C16H11N3O2S2/c20-14-9-22-15(17-14)18-16(21)19-10-5-1-3-7-12(10)23-13-8-4-2-6-11(13)19/h1-9,20H,(H,17,18,21). The molecule has 0 saturated carbocycles. The van der Waals surface area contributed by atoms with E-state index in [2.05, 4.69) is 10.3 Å². The third kappa shape index (κ3) is 2.54. The highest BCUT2D eigenvalue weighted by Gasteiger charge is 2.28. The van der Waals surface area contributed by atoms with Crippen molar-refractivity contribution in [3.8, 4) is 5.88 Å². The molecule has 2 heterocycles. The van der Waals surface area contributed by atoms with Crippen LogP contribution in [0.25, 0.3) is 0 Å². The Labute approximate surface area is 140 Å². The van der Waals surface area contributed by atoms with Crippen molar-refractivity contribution in [2.75, 3.05) is 10.2 Å². The molecule has 4 rings (SSSR count). The first kappa shape index (κ1) is 14.1. The molecule has 7 heteroatoms. The van der Waals surface area contributed by atoms with E-state index in [9.17, 15) is 9.90 Å². The van der Waals surface area contributed by atoms with Gasteiger partial charge >= 0.3 is 6.03 Å². The fourth-order valence-corrected chi connectivity index (χ4v) is 4.01. The smallest absolute Gasteiger partial charge is 0.332 e. The van der Waals surface area contributed by atoms with Crippen LogP contribution in [0.2, 0.25) is 0 Å². The number of para-hydroxylation sites is 2. The second kappa shape index (κ2) is 5.60. The Bertz CT molecular complexity index is 849. The summed E-state index contributed by atoms with van der Waals surface area (Å²) in [5.41, 5.74) is 1.66. The van der Waals surface area contributed by atoms with E-state index in [1.54, 1.807) is 16.7 Å². The van der Waals surface area contributed by atoms with Gasteiger partial charge in [-0.1, -0.05) is 36.0 Å². The van der Waals surface area contributed by atoms with Gasteiger partial charge in [0.2, 0.25) is 5.88 Å². The fourth-order valence-electron chi connectivity index (χ4n) is 2.39. The summed E-state index contributed by atoms with van der Waals surface area (Å²) in [4.78, 5) is 20.3. The van der Waals surface area contributed by atoms with Gasteiger partial charge in [0.15, 0.2) is 5.13 Å². The Hall–Kier alpha value is -2.51. The molecule has 0 unspecified atom stereocenters. The topological polar surface area (TPSA) is 65.5 Å². The van der Waals surface area contributed by atoms with E-state index in [0.29, 0.717) is 5.13 Å². The maximum absolute atomic E-state index is 12.8. The van der Waals surface area contributed by atoms with Crippen LogP contribution in [-0.2, 0) is 0 Å². The summed E-state index contributed by atoms with van der Waals surface area (Å²) in [6.07, 6.45) is 0. The maximum atomic E-state index is 12.8. The van der Waals surface area contributed by atoms with Crippen LogP contribution in [-0.4, -0.2) is 16.1 Å². The zero-order valence-corrected chi connectivity index (χ0v) is 13.4. The number of benzene rings is 2.